The average Bonchev–Trinajstić information content (AvgIpc) is 0.774. The first-order valence-electron chi connectivity index (χ1n) is 40.0. The largest absolute Gasteiger partial charge is 0.497 e. The predicted molar refractivity (Wildman–Crippen MR) is 447 cm³/mol. The maximum Gasteiger partial charge on any atom is 0.475 e. The number of nitrogens with zero attached hydrogens (tertiary/aromatic N) is 12. The highest BCUT2D eigenvalue weighted by Gasteiger charge is 2.49. The van der Waals surface area contributed by atoms with Gasteiger partial charge in [-0.1, -0.05) is 129 Å². The van der Waals surface area contributed by atoms with Crippen LogP contribution >= 0.6 is 16.3 Å². The summed E-state index contributed by atoms with van der Waals surface area (Å²) < 4.78 is 93.3. The Morgan fingerprint density at radius 3 is 1.75 bits per heavy atom. The molecule has 0 spiro atoms. The van der Waals surface area contributed by atoms with Crippen molar-refractivity contribution in [3.05, 3.63) is 216 Å². The number of anilines is 2. The molecular weight excluding hydrogens is 1570 g/mol. The van der Waals surface area contributed by atoms with E-state index in [9.17, 15) is 29.7 Å². The lowest BCUT2D eigenvalue weighted by Crippen LogP contribution is -2.38. The monoisotopic (exact) mass is 1670 g/mol. The van der Waals surface area contributed by atoms with Gasteiger partial charge in [-0.2, -0.15) is 10.5 Å². The molecule has 2 fully saturated rings. The van der Waals surface area contributed by atoms with Gasteiger partial charge in [0.1, 0.15) is 67.1 Å². The molecule has 0 bridgehead atoms. The molecule has 120 heavy (non-hydrogen) atoms. The molecule has 3 N–H and O–H groups in total. The molecule has 0 saturated carbocycles. The summed E-state index contributed by atoms with van der Waals surface area (Å²) in [6, 6.07) is 51.7. The number of imidazole rings is 2. The minimum atomic E-state index is -4.93. The maximum atomic E-state index is 16.2. The second-order valence-electron chi connectivity index (χ2n) is 30.2. The standard InChI is InChI=1S/C87H99N15O16P2/c1-56(2)27-40-75(103)90-48-59-28-30-60(31-29-59)85(105)98-82-80-84(94-53-92-82)101(55-96-80)78-47-72(73(115-78)50-111-87(61-20-11-10-12-21-61,62-32-36-64(108-8)37-33-62)63-34-38-65(109-9)39-35-63)118-120(107,113-45-19-42-89)114-51-74-71(117-119(112-44-18-41-88)102(57(3)4)58(5)6)46-77(116-74)100-54-95-79-81(91-52-93-83(79)100)97-76(104)26-17-43-99(7)86(106)110-49-70-68-24-15-13-22-66(68)67-23-14-16-25-69(67)70/h10-16,20-25,28-39,52-58,70-74,77-78H,17-19,26-27,40,43-51H2,1-9H3,(H,90,103)(H,91,93,97,104)(H,92,94,98,105)/t71-,72?,73-,74-,77?,78-,119?,120?/m1/s1. The highest BCUT2D eigenvalue weighted by Crippen LogP contribution is 2.56. The Balaban J connectivity index is 0.772. The number of methoxy groups -OCH3 is 2. The normalized spacial score (nSPS) is 17.8. The van der Waals surface area contributed by atoms with Gasteiger partial charge in [0.05, 0.1) is 84.4 Å². The van der Waals surface area contributed by atoms with E-state index in [1.165, 1.54) is 30.2 Å². The molecule has 4 unspecified atom stereocenters. The number of carbonyl (C=O) groups excluding carboxylic acids is 4. The molecule has 628 valence electrons. The second-order valence-corrected chi connectivity index (χ2v) is 33.2. The quantitative estimate of drug-likeness (QED) is 0.0182. The molecule has 8 atom stereocenters. The van der Waals surface area contributed by atoms with Crippen LogP contribution in [0.25, 0.3) is 33.5 Å². The van der Waals surface area contributed by atoms with Crippen molar-refractivity contribution < 1.29 is 74.8 Å². The molecule has 0 radical (unpaired) electrons. The molecule has 10 aromatic rings. The van der Waals surface area contributed by atoms with Gasteiger partial charge in [-0.25, -0.2) is 43.9 Å². The molecule has 3 aliphatic rings. The van der Waals surface area contributed by atoms with E-state index in [1.807, 2.05) is 131 Å². The number of aromatic nitrogens is 8. The van der Waals surface area contributed by atoms with Gasteiger partial charge in [0.25, 0.3) is 14.4 Å². The molecule has 1 aliphatic carbocycles. The first kappa shape index (κ1) is 86.8. The van der Waals surface area contributed by atoms with E-state index in [0.717, 1.165) is 39.8 Å². The third-order valence-electron chi connectivity index (χ3n) is 21.0. The van der Waals surface area contributed by atoms with Crippen molar-refractivity contribution in [3.8, 4) is 34.8 Å². The number of carbonyl (C=O) groups is 4. The Morgan fingerprint density at radius 2 is 1.18 bits per heavy atom. The first-order valence-corrected chi connectivity index (χ1v) is 42.6. The second kappa shape index (κ2) is 40.4. The zero-order valence-corrected chi connectivity index (χ0v) is 70.2. The molecule has 4 amide bonds. The summed E-state index contributed by atoms with van der Waals surface area (Å²) >= 11 is 0. The van der Waals surface area contributed by atoms with Crippen LogP contribution in [0, 0.1) is 28.6 Å². The summed E-state index contributed by atoms with van der Waals surface area (Å²) in [5.74, 6) is 0.769. The van der Waals surface area contributed by atoms with Crippen molar-refractivity contribution in [2.75, 3.05) is 71.5 Å². The van der Waals surface area contributed by atoms with E-state index in [2.05, 4.69) is 90.8 Å². The van der Waals surface area contributed by atoms with Crippen LogP contribution < -0.4 is 25.4 Å². The first-order chi connectivity index (χ1) is 58.2. The molecule has 6 aromatic carbocycles. The molecule has 31 nitrogen and oxygen atoms in total. The number of nitrogens with one attached hydrogen (secondary N) is 3. The van der Waals surface area contributed by atoms with Crippen LogP contribution in [0.15, 0.2) is 177 Å². The van der Waals surface area contributed by atoms with Gasteiger partial charge in [-0.05, 0) is 127 Å². The zero-order valence-electron chi connectivity index (χ0n) is 68.4. The molecule has 2 saturated heterocycles. The fraction of sp³-hybridized carbons (Fsp3) is 0.402. The van der Waals surface area contributed by atoms with Crippen LogP contribution in [0.4, 0.5) is 16.4 Å². The molecule has 4 aromatic heterocycles. The van der Waals surface area contributed by atoms with Gasteiger partial charge in [0.2, 0.25) is 11.8 Å². The summed E-state index contributed by atoms with van der Waals surface area (Å²) in [6.45, 7) is 11.7. The maximum absolute atomic E-state index is 16.2. The van der Waals surface area contributed by atoms with Gasteiger partial charge in [0.15, 0.2) is 34.0 Å². The smallest absolute Gasteiger partial charge is 0.475 e. The highest BCUT2D eigenvalue weighted by molar-refractivity contribution is 7.48. The lowest BCUT2D eigenvalue weighted by molar-refractivity contribution is -0.121. The van der Waals surface area contributed by atoms with Gasteiger partial charge in [-0.3, -0.25) is 37.1 Å². The molecule has 33 heteroatoms. The summed E-state index contributed by atoms with van der Waals surface area (Å²) in [5, 5.41) is 28.5. The fourth-order valence-electron chi connectivity index (χ4n) is 15.0. The van der Waals surface area contributed by atoms with Gasteiger partial charge < -0.3 is 58.3 Å². The van der Waals surface area contributed by atoms with Crippen molar-refractivity contribution in [1.29, 1.82) is 10.5 Å². The Hall–Kier alpha value is -11.0. The van der Waals surface area contributed by atoms with E-state index >= 15 is 4.57 Å². The Morgan fingerprint density at radius 1 is 0.625 bits per heavy atom. The number of fused-ring (bicyclic) bond motifs is 5. The number of rotatable bonds is 40. The third kappa shape index (κ3) is 20.5. The predicted octanol–water partition coefficient (Wildman–Crippen LogP) is 15.3. The highest BCUT2D eigenvalue weighted by atomic mass is 31.2. The fourth-order valence-corrected chi connectivity index (χ4v) is 18.2. The molecule has 13 rings (SSSR count). The lowest BCUT2D eigenvalue weighted by Gasteiger charge is -2.37. The number of amides is 4. The van der Waals surface area contributed by atoms with Gasteiger partial charge in [0, 0.05) is 69.4 Å². The molecule has 6 heterocycles. The zero-order chi connectivity index (χ0) is 84.5. The SMILES string of the molecule is COc1ccc(C(OC[C@H]2O[C@@H](n3cnc4c(NC(=O)c5ccc(CNC(=O)CCC(C)C)cc5)ncnc43)CC2OP(=O)(OCCC#N)OC[C@H]2OC(n3cnc4c(NC(=O)CCCN(C)C(=O)OCC5c6ccccc6-c6ccccc65)ncnc43)C[C@H]2OP(OCCC#N)N(C(C)C)C(C)C)(c2ccccc2)c2ccc(OC)cc2)cc1. The van der Waals surface area contributed by atoms with Crippen LogP contribution in [0.5, 0.6) is 11.5 Å². The summed E-state index contributed by atoms with van der Waals surface area (Å²) in [7, 11) is -2.08. The number of phosphoric acid groups is 1. The van der Waals surface area contributed by atoms with Crippen molar-refractivity contribution >= 4 is 74.1 Å². The van der Waals surface area contributed by atoms with Crippen LogP contribution in [-0.4, -0.2) is 170 Å². The Kier molecular flexibility index (Phi) is 29.2. The van der Waals surface area contributed by atoms with Crippen molar-refractivity contribution in [2.45, 2.75) is 160 Å². The number of ether oxygens (including phenoxy) is 6. The Labute approximate surface area is 697 Å². The molecule has 2 aliphatic heterocycles. The van der Waals surface area contributed by atoms with E-state index in [1.54, 1.807) is 54.7 Å². The van der Waals surface area contributed by atoms with Crippen LogP contribution in [-0.2, 0) is 67.9 Å². The van der Waals surface area contributed by atoms with Crippen LogP contribution in [0.3, 0.4) is 0 Å². The van der Waals surface area contributed by atoms with E-state index in [-0.39, 0.29) is 122 Å². The molecular formula is C87H99N15O16P2. The van der Waals surface area contributed by atoms with Crippen LogP contribution in [0.1, 0.15) is 155 Å². The number of phosphoric ester groups is 1. The van der Waals surface area contributed by atoms with Gasteiger partial charge in [-0.15, -0.1) is 0 Å². The summed E-state index contributed by atoms with van der Waals surface area (Å²) in [4.78, 5) is 82.7. The summed E-state index contributed by atoms with van der Waals surface area (Å²) in [6.07, 6.45) is 0.124. The van der Waals surface area contributed by atoms with E-state index < -0.39 is 84.0 Å². The minimum Gasteiger partial charge on any atom is -0.497 e. The van der Waals surface area contributed by atoms with Crippen molar-refractivity contribution in [1.82, 2.24) is 53.9 Å². The Bertz CT molecular complexity index is 5200. The van der Waals surface area contributed by atoms with E-state index in [4.69, 9.17) is 61.0 Å². The van der Waals surface area contributed by atoms with Crippen molar-refractivity contribution in [2.24, 2.45) is 5.92 Å². The third-order valence-corrected chi connectivity index (χ3v) is 24.7. The topological polar surface area (TPSA) is 364 Å². The number of nitriles is 2. The van der Waals surface area contributed by atoms with E-state index in [0.29, 0.717) is 53.5 Å². The summed E-state index contributed by atoms with van der Waals surface area (Å²) in [5.41, 5.74) is 7.27. The number of benzene rings is 6. The lowest BCUT2D eigenvalue weighted by atomic mass is 9.80. The average molecular weight is 1670 g/mol. The van der Waals surface area contributed by atoms with Gasteiger partial charge >= 0.3 is 13.9 Å². The number of hydrogen-bond donors (Lipinski definition) is 3. The minimum absolute atomic E-state index is 0.0198. The van der Waals surface area contributed by atoms with Crippen molar-refractivity contribution in [3.63, 3.8) is 0 Å². The number of hydrogen-bond acceptors (Lipinski definition) is 25. The van der Waals surface area contributed by atoms with Crippen LogP contribution in [0.2, 0.25) is 0 Å².